The van der Waals surface area contributed by atoms with E-state index in [0.29, 0.717) is 38.4 Å². The summed E-state index contributed by atoms with van der Waals surface area (Å²) in [6.07, 6.45) is 18.0. The van der Waals surface area contributed by atoms with Crippen LogP contribution in [0.2, 0.25) is 0 Å². The van der Waals surface area contributed by atoms with E-state index in [2.05, 4.69) is 122 Å². The van der Waals surface area contributed by atoms with E-state index in [1.807, 2.05) is 0 Å². The van der Waals surface area contributed by atoms with Crippen LogP contribution in [0.1, 0.15) is 137 Å². The summed E-state index contributed by atoms with van der Waals surface area (Å²) >= 11 is 0. The van der Waals surface area contributed by atoms with Crippen molar-refractivity contribution in [1.29, 1.82) is 0 Å². The van der Waals surface area contributed by atoms with Crippen molar-refractivity contribution in [1.82, 2.24) is 0 Å². The van der Waals surface area contributed by atoms with Crippen LogP contribution < -0.4 is 0 Å². The van der Waals surface area contributed by atoms with E-state index in [0.717, 1.165) is 11.8 Å². The SMILES string of the molecule is CC[C@@]1(C)CC[C@H]2[C@@](C)(CC[C@@]3(C)[C@@H]4CC(C)(C)CC[C@]4(C)CC[C@]23C)[C@@H]1CC=C(c1ccccc1)c1ccccc1. The van der Waals surface area contributed by atoms with Crippen LogP contribution in [-0.4, -0.2) is 0 Å². The smallest absolute Gasteiger partial charge is 0.0151 e. The first-order valence-corrected chi connectivity index (χ1v) is 17.6. The van der Waals surface area contributed by atoms with Gasteiger partial charge in [0.15, 0.2) is 0 Å². The van der Waals surface area contributed by atoms with Crippen molar-refractivity contribution < 1.29 is 0 Å². The third-order valence-electron chi connectivity index (χ3n) is 15.2. The van der Waals surface area contributed by atoms with Crippen LogP contribution in [0.3, 0.4) is 0 Å². The third kappa shape index (κ3) is 4.59. The normalized spacial score (nSPS) is 42.5. The lowest BCUT2D eigenvalue weighted by Crippen LogP contribution is -2.66. The Morgan fingerprint density at radius 3 is 1.81 bits per heavy atom. The van der Waals surface area contributed by atoms with Gasteiger partial charge < -0.3 is 0 Å². The second kappa shape index (κ2) is 10.4. The molecule has 0 N–H and O–H groups in total. The van der Waals surface area contributed by atoms with Crippen LogP contribution in [0.4, 0.5) is 0 Å². The second-order valence-electron chi connectivity index (χ2n) is 17.7. The summed E-state index contributed by atoms with van der Waals surface area (Å²) in [6, 6.07) is 22.3. The number of rotatable bonds is 5. The van der Waals surface area contributed by atoms with Crippen molar-refractivity contribution in [2.75, 3.05) is 0 Å². The molecule has 0 bridgehead atoms. The van der Waals surface area contributed by atoms with E-state index < -0.39 is 0 Å². The van der Waals surface area contributed by atoms with E-state index in [4.69, 9.17) is 0 Å². The maximum absolute atomic E-state index is 2.80. The molecule has 0 unspecified atom stereocenters. The minimum Gasteiger partial charge on any atom is -0.0757 e. The van der Waals surface area contributed by atoms with Gasteiger partial charge >= 0.3 is 0 Å². The molecule has 8 atom stereocenters. The molecule has 6 rings (SSSR count). The van der Waals surface area contributed by atoms with Crippen molar-refractivity contribution in [3.63, 3.8) is 0 Å². The molecule has 0 aromatic heterocycles. The fraction of sp³-hybridized carbons (Fsp3) is 0.667. The van der Waals surface area contributed by atoms with Gasteiger partial charge in [-0.05, 0) is 131 Å². The minimum atomic E-state index is 0.393. The van der Waals surface area contributed by atoms with Gasteiger partial charge in [0.25, 0.3) is 0 Å². The highest BCUT2D eigenvalue weighted by Crippen LogP contribution is 2.77. The van der Waals surface area contributed by atoms with Crippen molar-refractivity contribution in [2.24, 2.45) is 50.2 Å². The van der Waals surface area contributed by atoms with Gasteiger partial charge in [-0.3, -0.25) is 0 Å². The van der Waals surface area contributed by atoms with Gasteiger partial charge in [0, 0.05) is 0 Å². The van der Waals surface area contributed by atoms with Gasteiger partial charge in [-0.1, -0.05) is 129 Å². The van der Waals surface area contributed by atoms with E-state index in [1.54, 1.807) is 0 Å². The molecule has 0 spiro atoms. The van der Waals surface area contributed by atoms with Crippen molar-refractivity contribution in [3.8, 4) is 0 Å². The summed E-state index contributed by atoms with van der Waals surface area (Å²) in [5, 5.41) is 0. The summed E-state index contributed by atoms with van der Waals surface area (Å²) in [5.74, 6) is 2.42. The first kappa shape index (κ1) is 30.2. The Hall–Kier alpha value is -1.82. The molecule has 0 amide bonds. The number of hydrogen-bond acceptors (Lipinski definition) is 0. The number of benzene rings is 2. The molecule has 0 saturated heterocycles. The summed E-state index contributed by atoms with van der Waals surface area (Å²) in [4.78, 5) is 0. The Morgan fingerprint density at radius 2 is 1.21 bits per heavy atom. The lowest BCUT2D eigenvalue weighted by Gasteiger charge is -2.74. The van der Waals surface area contributed by atoms with Gasteiger partial charge in [0.1, 0.15) is 0 Å². The van der Waals surface area contributed by atoms with Crippen molar-refractivity contribution in [2.45, 2.75) is 126 Å². The molecule has 4 saturated carbocycles. The zero-order valence-corrected chi connectivity index (χ0v) is 28.4. The Balaban J connectivity index is 1.39. The first-order chi connectivity index (χ1) is 19.8. The third-order valence-corrected chi connectivity index (χ3v) is 15.2. The van der Waals surface area contributed by atoms with Crippen LogP contribution >= 0.6 is 0 Å². The fourth-order valence-electron chi connectivity index (χ4n) is 12.0. The molecule has 0 heterocycles. The molecule has 2 aromatic rings. The van der Waals surface area contributed by atoms with Gasteiger partial charge in [0.2, 0.25) is 0 Å². The molecule has 4 fully saturated rings. The molecule has 0 radical (unpaired) electrons. The molecule has 228 valence electrons. The number of hydrogen-bond donors (Lipinski definition) is 0. The summed E-state index contributed by atoms with van der Waals surface area (Å²) < 4.78 is 0. The standard InChI is InChI=1S/C42H60/c1-9-38(4)23-22-35-40(6,34(38)21-20-33(31-16-12-10-13-17-31)32-18-14-11-15-19-32)27-29-42(8)36-30-37(2,3)24-25-39(36,5)26-28-41(35,42)7/h10-20,34-36H,9,21-30H2,1-8H3/t34-,35+,36-,38+,39-,40+,41-,42+/m1/s1. The molecule has 0 heteroatoms. The predicted octanol–water partition coefficient (Wildman–Crippen LogP) is 12.4. The zero-order chi connectivity index (χ0) is 30.0. The van der Waals surface area contributed by atoms with Crippen LogP contribution in [0.25, 0.3) is 5.57 Å². The van der Waals surface area contributed by atoms with Crippen LogP contribution in [0.5, 0.6) is 0 Å². The Labute approximate surface area is 259 Å². The molecular weight excluding hydrogens is 504 g/mol. The maximum atomic E-state index is 2.80. The lowest BCUT2D eigenvalue weighted by molar-refractivity contribution is -0.250. The Bertz CT molecular complexity index is 1240. The minimum absolute atomic E-state index is 0.393. The highest BCUT2D eigenvalue weighted by Gasteiger charge is 2.69. The number of allylic oxidation sites excluding steroid dienone is 1. The van der Waals surface area contributed by atoms with Crippen LogP contribution in [-0.2, 0) is 0 Å². The number of fused-ring (bicyclic) bond motifs is 5. The fourth-order valence-corrected chi connectivity index (χ4v) is 12.0. The van der Waals surface area contributed by atoms with Crippen molar-refractivity contribution >= 4 is 5.57 Å². The first-order valence-electron chi connectivity index (χ1n) is 17.6. The van der Waals surface area contributed by atoms with E-state index >= 15 is 0 Å². The monoisotopic (exact) mass is 564 g/mol. The molecule has 0 aliphatic heterocycles. The summed E-state index contributed by atoms with van der Waals surface area (Å²) in [6.45, 7) is 21.4. The lowest BCUT2D eigenvalue weighted by atomic mass is 9.31. The molecule has 4 aliphatic carbocycles. The van der Waals surface area contributed by atoms with E-state index in [9.17, 15) is 0 Å². The molecule has 0 nitrogen and oxygen atoms in total. The largest absolute Gasteiger partial charge is 0.0757 e. The summed E-state index contributed by atoms with van der Waals surface area (Å²) in [5.41, 5.74) is 6.88. The summed E-state index contributed by atoms with van der Waals surface area (Å²) in [7, 11) is 0. The van der Waals surface area contributed by atoms with Gasteiger partial charge in [-0.2, -0.15) is 0 Å². The van der Waals surface area contributed by atoms with Crippen LogP contribution in [0, 0.1) is 50.2 Å². The highest BCUT2D eigenvalue weighted by molar-refractivity contribution is 5.79. The molecule has 2 aromatic carbocycles. The maximum Gasteiger partial charge on any atom is -0.0151 e. The average Bonchev–Trinajstić information content (AvgIpc) is 2.98. The van der Waals surface area contributed by atoms with E-state index in [-0.39, 0.29) is 0 Å². The van der Waals surface area contributed by atoms with Crippen molar-refractivity contribution in [3.05, 3.63) is 77.9 Å². The quantitative estimate of drug-likeness (QED) is 0.339. The van der Waals surface area contributed by atoms with Gasteiger partial charge in [-0.25, -0.2) is 0 Å². The second-order valence-corrected chi connectivity index (χ2v) is 17.7. The van der Waals surface area contributed by atoms with Gasteiger partial charge in [0.05, 0.1) is 0 Å². The van der Waals surface area contributed by atoms with Gasteiger partial charge in [-0.15, -0.1) is 0 Å². The van der Waals surface area contributed by atoms with E-state index in [1.165, 1.54) is 87.3 Å². The topological polar surface area (TPSA) is 0 Å². The molecule has 4 aliphatic rings. The highest BCUT2D eigenvalue weighted by atomic mass is 14.7. The molecular formula is C42H60. The Morgan fingerprint density at radius 1 is 0.667 bits per heavy atom. The zero-order valence-electron chi connectivity index (χ0n) is 28.4. The molecule has 42 heavy (non-hydrogen) atoms. The Kier molecular flexibility index (Phi) is 7.47. The predicted molar refractivity (Wildman–Crippen MR) is 181 cm³/mol. The van der Waals surface area contributed by atoms with Crippen LogP contribution in [0.15, 0.2) is 66.7 Å². The average molecular weight is 565 g/mol.